The number of nitrogens with zero attached hydrogens (tertiary/aromatic N) is 5. The van der Waals surface area contributed by atoms with Crippen LogP contribution in [0.5, 0.6) is 0 Å². The Morgan fingerprint density at radius 2 is 1.92 bits per heavy atom. The van der Waals surface area contributed by atoms with E-state index in [1.807, 2.05) is 60.5 Å². The molecule has 2 aromatic heterocycles. The number of aromatic nitrogens is 3. The fourth-order valence-corrected chi connectivity index (χ4v) is 3.90. The number of aromatic amines is 1. The van der Waals surface area contributed by atoms with Crippen molar-refractivity contribution in [2.45, 2.75) is 13.3 Å². The Balaban J connectivity index is 1.34. The SMILES string of the molecule is CCN(C)CCN(C)c1nccc(-c2ccc(C(=O)NCCc3ccc4[nH]cc(C#N)c4c3)cc2)n1. The van der Waals surface area contributed by atoms with Crippen molar-refractivity contribution in [3.63, 3.8) is 0 Å². The number of likely N-dealkylation sites (N-methyl/N-ethyl adjacent to an activating group) is 2. The number of hydrogen-bond donors (Lipinski definition) is 2. The minimum Gasteiger partial charge on any atom is -0.360 e. The molecule has 0 aliphatic heterocycles. The molecular formula is C28H31N7O. The summed E-state index contributed by atoms with van der Waals surface area (Å²) in [7, 11) is 4.09. The second kappa shape index (κ2) is 11.5. The highest BCUT2D eigenvalue weighted by molar-refractivity contribution is 5.94. The standard InChI is InChI=1S/C28H31N7O/c1-4-34(2)15-16-35(3)28-31-14-12-25(33-28)21-6-8-22(9-7-21)27(36)30-13-11-20-5-10-26-24(17-20)23(18-29)19-32-26/h5-10,12,14,17,19,32H,4,11,13,15-16H2,1-3H3,(H,30,36). The Bertz CT molecular complexity index is 1370. The zero-order valence-electron chi connectivity index (χ0n) is 21.0. The Kier molecular flexibility index (Phi) is 7.93. The number of anilines is 1. The van der Waals surface area contributed by atoms with Gasteiger partial charge in [-0.2, -0.15) is 5.26 Å². The van der Waals surface area contributed by atoms with Gasteiger partial charge in [0.05, 0.1) is 11.3 Å². The van der Waals surface area contributed by atoms with E-state index in [0.29, 0.717) is 30.0 Å². The number of amides is 1. The van der Waals surface area contributed by atoms with Crippen LogP contribution in [0.15, 0.2) is 60.9 Å². The quantitative estimate of drug-likeness (QED) is 0.357. The molecule has 0 spiro atoms. The Morgan fingerprint density at radius 1 is 1.11 bits per heavy atom. The largest absolute Gasteiger partial charge is 0.360 e. The van der Waals surface area contributed by atoms with Crippen LogP contribution in [0.1, 0.15) is 28.4 Å². The normalized spacial score (nSPS) is 11.0. The molecular weight excluding hydrogens is 450 g/mol. The zero-order valence-corrected chi connectivity index (χ0v) is 21.0. The summed E-state index contributed by atoms with van der Waals surface area (Å²) in [5.41, 5.74) is 4.98. The predicted octanol–water partition coefficient (Wildman–Crippen LogP) is 3.86. The predicted molar refractivity (Wildman–Crippen MR) is 143 cm³/mol. The van der Waals surface area contributed by atoms with E-state index in [1.54, 1.807) is 12.4 Å². The smallest absolute Gasteiger partial charge is 0.251 e. The molecule has 4 aromatic rings. The Labute approximate surface area is 211 Å². The van der Waals surface area contributed by atoms with Crippen molar-refractivity contribution in [3.05, 3.63) is 77.6 Å². The first kappa shape index (κ1) is 24.9. The number of H-pyrrole nitrogens is 1. The summed E-state index contributed by atoms with van der Waals surface area (Å²) in [5.74, 6) is 0.559. The topological polar surface area (TPSA) is 101 Å². The molecule has 8 nitrogen and oxygen atoms in total. The first-order valence-electron chi connectivity index (χ1n) is 12.1. The molecule has 184 valence electrons. The first-order valence-corrected chi connectivity index (χ1v) is 12.1. The van der Waals surface area contributed by atoms with Gasteiger partial charge in [0.2, 0.25) is 5.95 Å². The van der Waals surface area contributed by atoms with Gasteiger partial charge in [0.15, 0.2) is 0 Å². The fraction of sp³-hybridized carbons (Fsp3) is 0.286. The lowest BCUT2D eigenvalue weighted by molar-refractivity contribution is 0.0954. The number of fused-ring (bicyclic) bond motifs is 1. The molecule has 1 amide bonds. The highest BCUT2D eigenvalue weighted by Crippen LogP contribution is 2.21. The van der Waals surface area contributed by atoms with Gasteiger partial charge in [-0.15, -0.1) is 0 Å². The molecule has 2 aromatic carbocycles. The van der Waals surface area contributed by atoms with Gasteiger partial charge < -0.3 is 20.1 Å². The molecule has 0 saturated carbocycles. The second-order valence-electron chi connectivity index (χ2n) is 8.84. The van der Waals surface area contributed by atoms with Crippen LogP contribution in [0.3, 0.4) is 0 Å². The molecule has 0 unspecified atom stereocenters. The van der Waals surface area contributed by atoms with Gasteiger partial charge in [-0.05, 0) is 55.9 Å². The molecule has 2 N–H and O–H groups in total. The lowest BCUT2D eigenvalue weighted by Crippen LogP contribution is -2.31. The summed E-state index contributed by atoms with van der Waals surface area (Å²) in [4.78, 5) is 29.2. The summed E-state index contributed by atoms with van der Waals surface area (Å²) in [6.45, 7) is 5.42. The van der Waals surface area contributed by atoms with Crippen molar-refractivity contribution < 1.29 is 4.79 Å². The van der Waals surface area contributed by atoms with Gasteiger partial charge in [-0.3, -0.25) is 4.79 Å². The van der Waals surface area contributed by atoms with Crippen molar-refractivity contribution in [2.24, 2.45) is 0 Å². The summed E-state index contributed by atoms with van der Waals surface area (Å²) in [6.07, 6.45) is 4.16. The van der Waals surface area contributed by atoms with Gasteiger partial charge in [0, 0.05) is 61.1 Å². The molecule has 2 heterocycles. The molecule has 4 rings (SSSR count). The van der Waals surface area contributed by atoms with Crippen LogP contribution < -0.4 is 10.2 Å². The number of carbonyl (C=O) groups is 1. The third-order valence-electron chi connectivity index (χ3n) is 6.35. The maximum absolute atomic E-state index is 12.7. The molecule has 0 radical (unpaired) electrons. The second-order valence-corrected chi connectivity index (χ2v) is 8.84. The molecule has 0 atom stereocenters. The Hall–Kier alpha value is -4.22. The fourth-order valence-electron chi connectivity index (χ4n) is 3.90. The van der Waals surface area contributed by atoms with Gasteiger partial charge in [0.25, 0.3) is 5.91 Å². The first-order chi connectivity index (χ1) is 17.5. The van der Waals surface area contributed by atoms with Crippen molar-refractivity contribution in [2.75, 3.05) is 45.2 Å². The third-order valence-corrected chi connectivity index (χ3v) is 6.35. The van der Waals surface area contributed by atoms with Crippen LogP contribution in [0, 0.1) is 11.3 Å². The lowest BCUT2D eigenvalue weighted by Gasteiger charge is -2.21. The third kappa shape index (κ3) is 5.88. The molecule has 36 heavy (non-hydrogen) atoms. The average molecular weight is 482 g/mol. The summed E-state index contributed by atoms with van der Waals surface area (Å²) in [6, 6.07) is 17.5. The maximum atomic E-state index is 12.7. The monoisotopic (exact) mass is 481 g/mol. The van der Waals surface area contributed by atoms with Crippen molar-refractivity contribution in [3.8, 4) is 17.3 Å². The van der Waals surface area contributed by atoms with Gasteiger partial charge >= 0.3 is 0 Å². The summed E-state index contributed by atoms with van der Waals surface area (Å²) in [5, 5.41) is 13.1. The molecule has 0 fully saturated rings. The summed E-state index contributed by atoms with van der Waals surface area (Å²) >= 11 is 0. The van der Waals surface area contributed by atoms with E-state index in [0.717, 1.165) is 47.4 Å². The van der Waals surface area contributed by atoms with E-state index in [2.05, 4.69) is 40.2 Å². The van der Waals surface area contributed by atoms with Crippen molar-refractivity contribution in [1.29, 1.82) is 5.26 Å². The van der Waals surface area contributed by atoms with Crippen LogP contribution in [0.25, 0.3) is 22.2 Å². The van der Waals surface area contributed by atoms with Crippen LogP contribution in [0.2, 0.25) is 0 Å². The molecule has 0 aliphatic rings. The van der Waals surface area contributed by atoms with E-state index in [4.69, 9.17) is 4.98 Å². The van der Waals surface area contributed by atoms with Gasteiger partial charge in [-0.25, -0.2) is 9.97 Å². The highest BCUT2D eigenvalue weighted by atomic mass is 16.1. The van der Waals surface area contributed by atoms with E-state index >= 15 is 0 Å². The number of carbonyl (C=O) groups excluding carboxylic acids is 1. The van der Waals surface area contributed by atoms with Crippen LogP contribution >= 0.6 is 0 Å². The molecule has 0 saturated heterocycles. The molecule has 0 bridgehead atoms. The van der Waals surface area contributed by atoms with E-state index in [1.165, 1.54) is 0 Å². The number of nitriles is 1. The number of nitrogens with one attached hydrogen (secondary N) is 2. The number of benzene rings is 2. The Morgan fingerprint density at radius 3 is 2.67 bits per heavy atom. The van der Waals surface area contributed by atoms with E-state index in [-0.39, 0.29) is 5.91 Å². The van der Waals surface area contributed by atoms with Crippen LogP contribution in [-0.2, 0) is 6.42 Å². The zero-order chi connectivity index (χ0) is 25.5. The maximum Gasteiger partial charge on any atom is 0.251 e. The van der Waals surface area contributed by atoms with E-state index < -0.39 is 0 Å². The number of hydrogen-bond acceptors (Lipinski definition) is 6. The molecule has 8 heteroatoms. The summed E-state index contributed by atoms with van der Waals surface area (Å²) < 4.78 is 0. The van der Waals surface area contributed by atoms with E-state index in [9.17, 15) is 10.1 Å². The number of rotatable bonds is 10. The highest BCUT2D eigenvalue weighted by Gasteiger charge is 2.10. The van der Waals surface area contributed by atoms with Gasteiger partial charge in [0.1, 0.15) is 6.07 Å². The average Bonchev–Trinajstić information content (AvgIpc) is 3.34. The minimum absolute atomic E-state index is 0.120. The van der Waals surface area contributed by atoms with Gasteiger partial charge in [-0.1, -0.05) is 25.1 Å². The van der Waals surface area contributed by atoms with Crippen molar-refractivity contribution >= 4 is 22.8 Å². The van der Waals surface area contributed by atoms with Crippen molar-refractivity contribution in [1.82, 2.24) is 25.2 Å². The van der Waals surface area contributed by atoms with Crippen LogP contribution in [0.4, 0.5) is 5.95 Å². The van der Waals surface area contributed by atoms with Crippen LogP contribution in [-0.4, -0.2) is 66.0 Å². The molecule has 0 aliphatic carbocycles. The minimum atomic E-state index is -0.120. The lowest BCUT2D eigenvalue weighted by atomic mass is 10.1.